The third kappa shape index (κ3) is 3.45. The second kappa shape index (κ2) is 6.99. The quantitative estimate of drug-likeness (QED) is 0.485. The van der Waals surface area contributed by atoms with E-state index in [2.05, 4.69) is 4.98 Å². The third-order valence-corrected chi connectivity index (χ3v) is 6.50. The van der Waals surface area contributed by atoms with E-state index in [0.29, 0.717) is 26.2 Å². The molecule has 0 fully saturated rings. The average molecular weight is 415 g/mol. The molecule has 4 aromatic rings. The number of hydrogen-bond donors (Lipinski definition) is 1. The Labute approximate surface area is 168 Å². The number of rotatable bonds is 3. The molecule has 0 amide bonds. The highest BCUT2D eigenvalue weighted by molar-refractivity contribution is 8.01. The van der Waals surface area contributed by atoms with Gasteiger partial charge in [-0.15, -0.1) is 0 Å². The molecule has 0 aliphatic rings. The van der Waals surface area contributed by atoms with E-state index in [-0.39, 0.29) is 5.56 Å². The monoisotopic (exact) mass is 414 g/mol. The largest absolute Gasteiger partial charge is 0.375 e. The highest BCUT2D eigenvalue weighted by Crippen LogP contribution is 2.36. The van der Waals surface area contributed by atoms with E-state index < -0.39 is 0 Å². The molecule has 0 aliphatic heterocycles. The minimum atomic E-state index is -0.163. The van der Waals surface area contributed by atoms with E-state index in [0.717, 1.165) is 21.2 Å². The molecule has 5 nitrogen and oxygen atoms in total. The van der Waals surface area contributed by atoms with Crippen LogP contribution in [0.4, 0.5) is 5.13 Å². The Hall–Kier alpha value is -2.35. The molecule has 0 atom stereocenters. The van der Waals surface area contributed by atoms with Gasteiger partial charge in [0.25, 0.3) is 5.56 Å². The minimum absolute atomic E-state index is 0.163. The fourth-order valence-electron chi connectivity index (χ4n) is 2.71. The first-order valence-electron chi connectivity index (χ1n) is 8.12. The Morgan fingerprint density at radius 2 is 1.85 bits per heavy atom. The standard InChI is InChI=1S/C19H15ClN4OS2/c1-10-3-6-13(7-4-10)24-16(25)14-9-12(20)5-8-15(14)23-19(24)27-17-11(2)22-18(21)26-17/h3-9H,1-2H3,(H2,21,22). The topological polar surface area (TPSA) is 73.8 Å². The van der Waals surface area contributed by atoms with Crippen LogP contribution in [0.1, 0.15) is 11.3 Å². The van der Waals surface area contributed by atoms with E-state index in [9.17, 15) is 4.79 Å². The number of halogens is 1. The first kappa shape index (κ1) is 18.0. The fourth-order valence-corrected chi connectivity index (χ4v) is 4.87. The van der Waals surface area contributed by atoms with E-state index in [4.69, 9.17) is 22.3 Å². The van der Waals surface area contributed by atoms with Gasteiger partial charge in [0.15, 0.2) is 10.3 Å². The van der Waals surface area contributed by atoms with Gasteiger partial charge in [-0.05, 0) is 55.9 Å². The zero-order chi connectivity index (χ0) is 19.1. The number of fused-ring (bicyclic) bond motifs is 1. The number of nitrogens with zero attached hydrogens (tertiary/aromatic N) is 3. The van der Waals surface area contributed by atoms with Crippen LogP contribution in [0.2, 0.25) is 5.02 Å². The molecular weight excluding hydrogens is 400 g/mol. The highest BCUT2D eigenvalue weighted by Gasteiger charge is 2.17. The van der Waals surface area contributed by atoms with E-state index in [1.165, 1.54) is 23.1 Å². The number of anilines is 1. The number of hydrogen-bond acceptors (Lipinski definition) is 6. The van der Waals surface area contributed by atoms with Gasteiger partial charge in [0.05, 0.1) is 26.5 Å². The molecule has 0 spiro atoms. The van der Waals surface area contributed by atoms with Crippen molar-refractivity contribution >= 4 is 50.7 Å². The van der Waals surface area contributed by atoms with Crippen molar-refractivity contribution in [2.45, 2.75) is 23.2 Å². The van der Waals surface area contributed by atoms with Crippen LogP contribution < -0.4 is 11.3 Å². The predicted octanol–water partition coefficient (Wildman–Crippen LogP) is 4.85. The zero-order valence-electron chi connectivity index (χ0n) is 14.6. The summed E-state index contributed by atoms with van der Waals surface area (Å²) < 4.78 is 2.52. The lowest BCUT2D eigenvalue weighted by Crippen LogP contribution is -2.21. The summed E-state index contributed by atoms with van der Waals surface area (Å²) in [7, 11) is 0. The molecule has 136 valence electrons. The zero-order valence-corrected chi connectivity index (χ0v) is 17.0. The number of nitrogens with two attached hydrogens (primary N) is 1. The molecule has 0 aliphatic carbocycles. The van der Waals surface area contributed by atoms with Crippen LogP contribution in [0.5, 0.6) is 0 Å². The Bertz CT molecular complexity index is 1220. The van der Waals surface area contributed by atoms with Crippen LogP contribution in [0.15, 0.2) is 56.6 Å². The predicted molar refractivity (Wildman–Crippen MR) is 112 cm³/mol. The highest BCUT2D eigenvalue weighted by atomic mass is 35.5. The van der Waals surface area contributed by atoms with Crippen LogP contribution in [-0.4, -0.2) is 14.5 Å². The van der Waals surface area contributed by atoms with Gasteiger partial charge >= 0.3 is 0 Å². The van der Waals surface area contributed by atoms with Crippen LogP contribution in [0.25, 0.3) is 16.6 Å². The van der Waals surface area contributed by atoms with Crippen molar-refractivity contribution in [2.75, 3.05) is 5.73 Å². The molecule has 0 unspecified atom stereocenters. The van der Waals surface area contributed by atoms with Gasteiger partial charge in [-0.1, -0.05) is 40.6 Å². The number of nitrogen functional groups attached to an aromatic ring is 1. The number of aryl methyl sites for hydroxylation is 2. The van der Waals surface area contributed by atoms with E-state index in [1.807, 2.05) is 38.1 Å². The summed E-state index contributed by atoms with van der Waals surface area (Å²) >= 11 is 8.87. The van der Waals surface area contributed by atoms with Crippen LogP contribution in [-0.2, 0) is 0 Å². The molecule has 8 heteroatoms. The summed E-state index contributed by atoms with van der Waals surface area (Å²) in [4.78, 5) is 22.3. The SMILES string of the molecule is Cc1ccc(-n2c(Sc3sc(N)nc3C)nc3ccc(Cl)cc3c2=O)cc1. The van der Waals surface area contributed by atoms with Gasteiger partial charge in [-0.2, -0.15) is 0 Å². The maximum Gasteiger partial charge on any atom is 0.266 e. The molecule has 4 rings (SSSR count). The van der Waals surface area contributed by atoms with Crippen molar-refractivity contribution in [1.82, 2.24) is 14.5 Å². The second-order valence-electron chi connectivity index (χ2n) is 6.06. The number of thiazole rings is 1. The number of aromatic nitrogens is 3. The molecular formula is C19H15ClN4OS2. The number of benzene rings is 2. The second-order valence-corrected chi connectivity index (χ2v) is 8.76. The molecule has 2 aromatic carbocycles. The van der Waals surface area contributed by atoms with Gasteiger partial charge in [-0.3, -0.25) is 9.36 Å². The Kier molecular flexibility index (Phi) is 4.67. The minimum Gasteiger partial charge on any atom is -0.375 e. The first-order chi connectivity index (χ1) is 12.9. The molecule has 2 aromatic heterocycles. The summed E-state index contributed by atoms with van der Waals surface area (Å²) in [5.74, 6) is 0. The summed E-state index contributed by atoms with van der Waals surface area (Å²) in [6.45, 7) is 3.90. The smallest absolute Gasteiger partial charge is 0.266 e. The van der Waals surface area contributed by atoms with Crippen molar-refractivity contribution in [3.8, 4) is 5.69 Å². The maximum atomic E-state index is 13.3. The third-order valence-electron chi connectivity index (χ3n) is 4.05. The van der Waals surface area contributed by atoms with Crippen molar-refractivity contribution in [3.05, 3.63) is 69.1 Å². The van der Waals surface area contributed by atoms with Gasteiger partial charge in [0.2, 0.25) is 0 Å². The summed E-state index contributed by atoms with van der Waals surface area (Å²) in [6.07, 6.45) is 0. The first-order valence-corrected chi connectivity index (χ1v) is 10.1. The summed E-state index contributed by atoms with van der Waals surface area (Å²) in [5.41, 5.74) is 8.95. The van der Waals surface area contributed by atoms with E-state index in [1.54, 1.807) is 22.8 Å². The fraction of sp³-hybridized carbons (Fsp3) is 0.105. The molecule has 0 bridgehead atoms. The van der Waals surface area contributed by atoms with Crippen molar-refractivity contribution in [1.29, 1.82) is 0 Å². The summed E-state index contributed by atoms with van der Waals surface area (Å²) in [6, 6.07) is 12.9. The molecule has 0 saturated heterocycles. The van der Waals surface area contributed by atoms with Crippen LogP contribution >= 0.6 is 34.7 Å². The maximum absolute atomic E-state index is 13.3. The van der Waals surface area contributed by atoms with E-state index >= 15 is 0 Å². The van der Waals surface area contributed by atoms with Gasteiger partial charge in [0.1, 0.15) is 0 Å². The normalized spacial score (nSPS) is 11.2. The average Bonchev–Trinajstić information content (AvgIpc) is 2.94. The Morgan fingerprint density at radius 3 is 2.52 bits per heavy atom. The van der Waals surface area contributed by atoms with Crippen LogP contribution in [0, 0.1) is 13.8 Å². The van der Waals surface area contributed by atoms with Crippen molar-refractivity contribution in [3.63, 3.8) is 0 Å². The van der Waals surface area contributed by atoms with Crippen molar-refractivity contribution < 1.29 is 0 Å². The Balaban J connectivity index is 1.99. The Morgan fingerprint density at radius 1 is 1.11 bits per heavy atom. The van der Waals surface area contributed by atoms with Gasteiger partial charge in [0, 0.05) is 5.02 Å². The lowest BCUT2D eigenvalue weighted by Gasteiger charge is -2.13. The molecule has 0 radical (unpaired) electrons. The molecule has 27 heavy (non-hydrogen) atoms. The molecule has 2 heterocycles. The van der Waals surface area contributed by atoms with Crippen LogP contribution in [0.3, 0.4) is 0 Å². The van der Waals surface area contributed by atoms with Crippen molar-refractivity contribution in [2.24, 2.45) is 0 Å². The lowest BCUT2D eigenvalue weighted by molar-refractivity contribution is 0.820. The van der Waals surface area contributed by atoms with Gasteiger partial charge < -0.3 is 5.73 Å². The molecule has 0 saturated carbocycles. The lowest BCUT2D eigenvalue weighted by atomic mass is 10.2. The molecule has 2 N–H and O–H groups in total. The van der Waals surface area contributed by atoms with Gasteiger partial charge in [-0.25, -0.2) is 9.97 Å². The summed E-state index contributed by atoms with van der Waals surface area (Å²) in [5, 5.41) is 2.04.